The molecule has 0 bridgehead atoms. The number of hydrogen-bond acceptors (Lipinski definition) is 7. The van der Waals surface area contributed by atoms with Crippen LogP contribution in [0.3, 0.4) is 0 Å². The Hall–Kier alpha value is -5.43. The molecule has 2 heterocycles. The molecule has 3 aromatic carbocycles. The molecule has 182 valence electrons. The minimum absolute atomic E-state index is 0.108. The number of anilines is 1. The molecular weight excluding hydrogens is 474 g/mol. The summed E-state index contributed by atoms with van der Waals surface area (Å²) in [7, 11) is 0. The van der Waals surface area contributed by atoms with Crippen molar-refractivity contribution in [3.05, 3.63) is 100 Å². The zero-order valence-electron chi connectivity index (χ0n) is 19.3. The minimum Gasteiger partial charge on any atom is -0.486 e. The number of para-hydroxylation sites is 1. The highest BCUT2D eigenvalue weighted by Crippen LogP contribution is 2.39. The van der Waals surface area contributed by atoms with Gasteiger partial charge in [-0.2, -0.15) is 10.4 Å². The van der Waals surface area contributed by atoms with Gasteiger partial charge in [0.1, 0.15) is 30.5 Å². The highest BCUT2D eigenvalue weighted by atomic mass is 16.6. The minimum atomic E-state index is -0.811. The first-order valence-electron chi connectivity index (χ1n) is 11.2. The van der Waals surface area contributed by atoms with Gasteiger partial charge in [0.05, 0.1) is 22.4 Å². The van der Waals surface area contributed by atoms with E-state index < -0.39 is 10.8 Å². The van der Waals surface area contributed by atoms with Crippen LogP contribution in [0.1, 0.15) is 5.56 Å². The Kier molecular flexibility index (Phi) is 6.33. The molecule has 1 aliphatic rings. The van der Waals surface area contributed by atoms with E-state index in [2.05, 4.69) is 10.4 Å². The molecule has 5 rings (SSSR count). The molecule has 1 aliphatic heterocycles. The Morgan fingerprint density at radius 2 is 1.70 bits per heavy atom. The van der Waals surface area contributed by atoms with Gasteiger partial charge in [-0.15, -0.1) is 0 Å². The van der Waals surface area contributed by atoms with Crippen LogP contribution in [0.2, 0.25) is 0 Å². The largest absolute Gasteiger partial charge is 0.486 e. The van der Waals surface area contributed by atoms with E-state index in [1.807, 2.05) is 66.7 Å². The fourth-order valence-corrected chi connectivity index (χ4v) is 3.85. The second-order valence-corrected chi connectivity index (χ2v) is 7.97. The van der Waals surface area contributed by atoms with Crippen LogP contribution < -0.4 is 14.8 Å². The highest BCUT2D eigenvalue weighted by Gasteiger charge is 2.25. The van der Waals surface area contributed by atoms with Gasteiger partial charge in [-0.25, -0.2) is 4.68 Å². The van der Waals surface area contributed by atoms with Crippen molar-refractivity contribution < 1.29 is 19.2 Å². The highest BCUT2D eigenvalue weighted by molar-refractivity contribution is 6.11. The topological polar surface area (TPSA) is 132 Å². The van der Waals surface area contributed by atoms with Crippen LogP contribution in [0.5, 0.6) is 11.5 Å². The molecule has 0 saturated carbocycles. The van der Waals surface area contributed by atoms with Crippen molar-refractivity contribution in [2.75, 3.05) is 18.5 Å². The van der Waals surface area contributed by atoms with E-state index in [9.17, 15) is 20.2 Å². The standard InChI is InChI=1S/C27H19N5O5/c28-16-19(27(33)29-22-14-24-25(37-12-11-36-24)15-23(22)32(34)35)13-20-17-31(21-9-5-2-6-10-21)30-26(20)18-7-3-1-4-8-18/h1-10,13-15,17H,11-12H2,(H,29,33)/b19-13+. The van der Waals surface area contributed by atoms with Gasteiger partial charge < -0.3 is 14.8 Å². The predicted molar refractivity (Wildman–Crippen MR) is 135 cm³/mol. The molecule has 4 aromatic rings. The fraction of sp³-hybridized carbons (Fsp3) is 0.0741. The number of fused-ring (bicyclic) bond motifs is 1. The molecule has 0 radical (unpaired) electrons. The van der Waals surface area contributed by atoms with Crippen molar-refractivity contribution in [2.24, 2.45) is 0 Å². The number of amides is 1. The molecule has 0 spiro atoms. The third-order valence-corrected chi connectivity index (χ3v) is 5.58. The van der Waals surface area contributed by atoms with Gasteiger partial charge in [-0.05, 0) is 18.2 Å². The van der Waals surface area contributed by atoms with Gasteiger partial charge in [-0.3, -0.25) is 14.9 Å². The Bertz CT molecular complexity index is 1560. The summed E-state index contributed by atoms with van der Waals surface area (Å²) < 4.78 is 12.5. The molecule has 37 heavy (non-hydrogen) atoms. The fourth-order valence-electron chi connectivity index (χ4n) is 3.85. The molecule has 0 atom stereocenters. The van der Waals surface area contributed by atoms with E-state index in [1.54, 1.807) is 10.9 Å². The van der Waals surface area contributed by atoms with Crippen molar-refractivity contribution in [3.8, 4) is 34.5 Å². The maximum absolute atomic E-state index is 13.1. The lowest BCUT2D eigenvalue weighted by molar-refractivity contribution is -0.384. The zero-order valence-corrected chi connectivity index (χ0v) is 19.3. The number of nitrogens with one attached hydrogen (secondary N) is 1. The summed E-state index contributed by atoms with van der Waals surface area (Å²) in [4.78, 5) is 24.1. The van der Waals surface area contributed by atoms with E-state index in [1.165, 1.54) is 18.2 Å². The van der Waals surface area contributed by atoms with E-state index in [4.69, 9.17) is 9.47 Å². The maximum atomic E-state index is 13.1. The summed E-state index contributed by atoms with van der Waals surface area (Å²) in [5.74, 6) is -0.327. The predicted octanol–water partition coefficient (Wildman–Crippen LogP) is 4.76. The summed E-state index contributed by atoms with van der Waals surface area (Å²) >= 11 is 0. The summed E-state index contributed by atoms with van der Waals surface area (Å²) in [6.45, 7) is 0.535. The number of nitro benzene ring substituents is 1. The SMILES string of the molecule is N#C/C(=C\c1cn(-c2ccccc2)nc1-c1ccccc1)C(=O)Nc1cc2c(cc1[N+](=O)[O-])OCCO2. The normalized spacial score (nSPS) is 12.5. The number of nitro groups is 1. The van der Waals surface area contributed by atoms with Crippen LogP contribution in [0.25, 0.3) is 23.0 Å². The first-order valence-corrected chi connectivity index (χ1v) is 11.2. The van der Waals surface area contributed by atoms with Crippen LogP contribution >= 0.6 is 0 Å². The van der Waals surface area contributed by atoms with Crippen molar-refractivity contribution >= 4 is 23.4 Å². The van der Waals surface area contributed by atoms with Crippen molar-refractivity contribution in [3.63, 3.8) is 0 Å². The first-order chi connectivity index (χ1) is 18.0. The molecule has 0 fully saturated rings. The molecule has 0 unspecified atom stereocenters. The quantitative estimate of drug-likeness (QED) is 0.177. The summed E-state index contributed by atoms with van der Waals surface area (Å²) in [5, 5.41) is 28.6. The van der Waals surface area contributed by atoms with Crippen LogP contribution in [0.4, 0.5) is 11.4 Å². The molecule has 0 aliphatic carbocycles. The lowest BCUT2D eigenvalue weighted by atomic mass is 10.1. The number of carbonyl (C=O) groups is 1. The molecule has 10 heteroatoms. The number of nitrogens with zero attached hydrogens (tertiary/aromatic N) is 4. The smallest absolute Gasteiger partial charge is 0.296 e. The van der Waals surface area contributed by atoms with Gasteiger partial charge >= 0.3 is 0 Å². The number of rotatable bonds is 6. The Balaban J connectivity index is 1.53. The van der Waals surface area contributed by atoms with Crippen molar-refractivity contribution in [1.29, 1.82) is 5.26 Å². The lowest BCUT2D eigenvalue weighted by Crippen LogP contribution is -2.18. The maximum Gasteiger partial charge on any atom is 0.296 e. The van der Waals surface area contributed by atoms with Gasteiger partial charge in [0.2, 0.25) is 0 Å². The number of aromatic nitrogens is 2. The first kappa shape index (κ1) is 23.3. The molecule has 1 N–H and O–H groups in total. The summed E-state index contributed by atoms with van der Waals surface area (Å²) in [6, 6.07) is 23.2. The number of hydrogen-bond donors (Lipinski definition) is 1. The Labute approximate surface area is 211 Å². The average Bonchev–Trinajstić information content (AvgIpc) is 3.36. The third-order valence-electron chi connectivity index (χ3n) is 5.58. The number of benzene rings is 3. The van der Waals surface area contributed by atoms with Gasteiger partial charge in [0.25, 0.3) is 11.6 Å². The van der Waals surface area contributed by atoms with E-state index in [0.717, 1.165) is 11.3 Å². The van der Waals surface area contributed by atoms with Gasteiger partial charge in [0, 0.05) is 23.4 Å². The van der Waals surface area contributed by atoms with Crippen LogP contribution in [0, 0.1) is 21.4 Å². The van der Waals surface area contributed by atoms with Crippen LogP contribution in [-0.4, -0.2) is 33.8 Å². The Morgan fingerprint density at radius 1 is 1.05 bits per heavy atom. The molecule has 1 aromatic heterocycles. The molecule has 0 saturated heterocycles. The van der Waals surface area contributed by atoms with E-state index >= 15 is 0 Å². The number of carbonyl (C=O) groups excluding carboxylic acids is 1. The average molecular weight is 493 g/mol. The molecule has 1 amide bonds. The van der Waals surface area contributed by atoms with Crippen LogP contribution in [-0.2, 0) is 4.79 Å². The van der Waals surface area contributed by atoms with E-state index in [-0.39, 0.29) is 41.7 Å². The lowest BCUT2D eigenvalue weighted by Gasteiger charge is -2.19. The van der Waals surface area contributed by atoms with E-state index in [0.29, 0.717) is 11.3 Å². The third kappa shape index (κ3) is 4.87. The van der Waals surface area contributed by atoms with Crippen molar-refractivity contribution in [2.45, 2.75) is 0 Å². The van der Waals surface area contributed by atoms with Crippen molar-refractivity contribution in [1.82, 2.24) is 9.78 Å². The summed E-state index contributed by atoms with van der Waals surface area (Å²) in [5.41, 5.74) is 1.95. The monoisotopic (exact) mass is 493 g/mol. The molecular formula is C27H19N5O5. The Morgan fingerprint density at radius 3 is 2.35 bits per heavy atom. The zero-order chi connectivity index (χ0) is 25.8. The number of ether oxygens (including phenoxy) is 2. The van der Waals surface area contributed by atoms with Crippen LogP contribution in [0.15, 0.2) is 84.6 Å². The number of nitriles is 1. The second-order valence-electron chi connectivity index (χ2n) is 7.97. The second kappa shape index (κ2) is 10.1. The molecule has 10 nitrogen and oxygen atoms in total. The van der Waals surface area contributed by atoms with Gasteiger partial charge in [-0.1, -0.05) is 48.5 Å². The van der Waals surface area contributed by atoms with Gasteiger partial charge in [0.15, 0.2) is 11.5 Å². The summed E-state index contributed by atoms with van der Waals surface area (Å²) in [6.07, 6.45) is 3.13.